The molecule has 0 bridgehead atoms. The van der Waals surface area contributed by atoms with Crippen molar-refractivity contribution < 1.29 is 5.11 Å². The second-order valence-corrected chi connectivity index (χ2v) is 5.04. The quantitative estimate of drug-likeness (QED) is 0.831. The average molecular weight is 274 g/mol. The van der Waals surface area contributed by atoms with Crippen molar-refractivity contribution in [3.05, 3.63) is 64.7 Å². The zero-order chi connectivity index (χ0) is 13.8. The summed E-state index contributed by atoms with van der Waals surface area (Å²) in [7, 11) is 0. The number of benzene rings is 2. The van der Waals surface area contributed by atoms with E-state index in [4.69, 9.17) is 11.6 Å². The average Bonchev–Trinajstić information content (AvgIpc) is 2.40. The summed E-state index contributed by atoms with van der Waals surface area (Å²) < 4.78 is 0. The molecule has 98 valence electrons. The maximum Gasteiger partial charge on any atom is 0.125 e. The van der Waals surface area contributed by atoms with Gasteiger partial charge in [0.15, 0.2) is 0 Å². The summed E-state index contributed by atoms with van der Waals surface area (Å²) in [5.74, 6) is 0.188. The molecule has 0 unspecified atom stereocenters. The SMILES string of the molecule is CC(C)N=C(c1ccccc1)c1cc(Cl)ccc1O. The number of aliphatic imine (C=N–C) groups is 1. The number of hydrogen-bond donors (Lipinski definition) is 1. The topological polar surface area (TPSA) is 32.6 Å². The predicted octanol–water partition coefficient (Wildman–Crippen LogP) is 4.29. The number of aromatic hydroxyl groups is 1. The molecule has 0 radical (unpaired) electrons. The fourth-order valence-corrected chi connectivity index (χ4v) is 2.02. The molecule has 2 nitrogen and oxygen atoms in total. The first-order valence-corrected chi connectivity index (χ1v) is 6.58. The zero-order valence-corrected chi connectivity index (χ0v) is 11.7. The monoisotopic (exact) mass is 273 g/mol. The minimum Gasteiger partial charge on any atom is -0.507 e. The van der Waals surface area contributed by atoms with Gasteiger partial charge in [-0.15, -0.1) is 0 Å². The molecule has 0 aliphatic rings. The van der Waals surface area contributed by atoms with Gasteiger partial charge >= 0.3 is 0 Å². The molecular weight excluding hydrogens is 258 g/mol. The highest BCUT2D eigenvalue weighted by Gasteiger charge is 2.12. The van der Waals surface area contributed by atoms with Gasteiger partial charge < -0.3 is 5.11 Å². The number of phenolic OH excluding ortho intramolecular Hbond substituents is 1. The smallest absolute Gasteiger partial charge is 0.125 e. The lowest BCUT2D eigenvalue weighted by atomic mass is 10.0. The number of hydrogen-bond acceptors (Lipinski definition) is 2. The molecule has 0 fully saturated rings. The third-order valence-electron chi connectivity index (χ3n) is 2.65. The standard InChI is InChI=1S/C16H16ClNO/c1-11(2)18-16(12-6-4-3-5-7-12)14-10-13(17)8-9-15(14)19/h3-11,19H,1-2H3. The van der Waals surface area contributed by atoms with Crippen molar-refractivity contribution >= 4 is 17.3 Å². The zero-order valence-electron chi connectivity index (χ0n) is 11.0. The van der Waals surface area contributed by atoms with E-state index in [2.05, 4.69) is 4.99 Å². The molecule has 0 atom stereocenters. The molecule has 0 spiro atoms. The lowest BCUT2D eigenvalue weighted by Gasteiger charge is -2.11. The Balaban J connectivity index is 2.59. The first-order valence-electron chi connectivity index (χ1n) is 6.20. The fourth-order valence-electron chi connectivity index (χ4n) is 1.85. The van der Waals surface area contributed by atoms with E-state index in [1.54, 1.807) is 18.2 Å². The first-order chi connectivity index (χ1) is 9.08. The second-order valence-electron chi connectivity index (χ2n) is 4.60. The van der Waals surface area contributed by atoms with E-state index in [1.807, 2.05) is 44.2 Å². The van der Waals surface area contributed by atoms with E-state index in [1.165, 1.54) is 0 Å². The molecule has 0 aromatic heterocycles. The van der Waals surface area contributed by atoms with E-state index in [0.717, 1.165) is 11.3 Å². The van der Waals surface area contributed by atoms with E-state index < -0.39 is 0 Å². The Bertz CT molecular complexity index is 591. The molecule has 0 saturated carbocycles. The molecule has 0 aliphatic heterocycles. The van der Waals surface area contributed by atoms with Crippen LogP contribution in [0.25, 0.3) is 0 Å². The third kappa shape index (κ3) is 3.36. The van der Waals surface area contributed by atoms with Gasteiger partial charge in [0, 0.05) is 22.2 Å². The molecule has 1 N–H and O–H groups in total. The van der Waals surface area contributed by atoms with Gasteiger partial charge in [0.1, 0.15) is 5.75 Å². The van der Waals surface area contributed by atoms with Crippen LogP contribution in [-0.2, 0) is 0 Å². The van der Waals surface area contributed by atoms with Crippen LogP contribution in [0, 0.1) is 0 Å². The maximum absolute atomic E-state index is 10.0. The van der Waals surface area contributed by atoms with Gasteiger partial charge in [-0.25, -0.2) is 0 Å². The largest absolute Gasteiger partial charge is 0.507 e. The number of halogens is 1. The van der Waals surface area contributed by atoms with Gasteiger partial charge in [0.05, 0.1) is 5.71 Å². The molecule has 2 aromatic rings. The minimum atomic E-state index is 0.133. The Kier molecular flexibility index (Phi) is 4.23. The second kappa shape index (κ2) is 5.89. The summed E-state index contributed by atoms with van der Waals surface area (Å²) in [5.41, 5.74) is 2.39. The summed E-state index contributed by atoms with van der Waals surface area (Å²) in [6.45, 7) is 4.01. The Morgan fingerprint density at radius 3 is 2.42 bits per heavy atom. The third-order valence-corrected chi connectivity index (χ3v) is 2.88. The van der Waals surface area contributed by atoms with Crippen LogP contribution < -0.4 is 0 Å². The number of phenols is 1. The van der Waals surface area contributed by atoms with E-state index in [9.17, 15) is 5.11 Å². The Hall–Kier alpha value is -1.80. The van der Waals surface area contributed by atoms with Crippen molar-refractivity contribution in [3.63, 3.8) is 0 Å². The van der Waals surface area contributed by atoms with Crippen LogP contribution in [0.15, 0.2) is 53.5 Å². The lowest BCUT2D eigenvalue weighted by molar-refractivity contribution is 0.474. The van der Waals surface area contributed by atoms with Crippen molar-refractivity contribution in [2.24, 2.45) is 4.99 Å². The molecular formula is C16H16ClNO. The summed E-state index contributed by atoms with van der Waals surface area (Å²) in [4.78, 5) is 4.62. The van der Waals surface area contributed by atoms with Crippen molar-refractivity contribution in [1.29, 1.82) is 0 Å². The van der Waals surface area contributed by atoms with Gasteiger partial charge in [0.2, 0.25) is 0 Å². The van der Waals surface area contributed by atoms with Gasteiger partial charge in [-0.2, -0.15) is 0 Å². The summed E-state index contributed by atoms with van der Waals surface area (Å²) >= 11 is 6.02. The fraction of sp³-hybridized carbons (Fsp3) is 0.188. The van der Waals surface area contributed by atoms with Crippen LogP contribution in [0.2, 0.25) is 5.02 Å². The van der Waals surface area contributed by atoms with Crippen LogP contribution in [0.3, 0.4) is 0 Å². The van der Waals surface area contributed by atoms with Crippen molar-refractivity contribution in [3.8, 4) is 5.75 Å². The summed E-state index contributed by atoms with van der Waals surface area (Å²) in [6.07, 6.45) is 0. The Labute approximate surface area is 118 Å². The lowest BCUT2D eigenvalue weighted by Crippen LogP contribution is -2.07. The van der Waals surface area contributed by atoms with Crippen LogP contribution in [0.5, 0.6) is 5.75 Å². The normalized spacial score (nSPS) is 11.9. The minimum absolute atomic E-state index is 0.133. The van der Waals surface area contributed by atoms with Gasteiger partial charge in [0.25, 0.3) is 0 Å². The molecule has 0 heterocycles. The number of nitrogens with zero attached hydrogens (tertiary/aromatic N) is 1. The molecule has 2 rings (SSSR count). The summed E-state index contributed by atoms with van der Waals surface area (Å²) in [6, 6.07) is 14.9. The molecule has 19 heavy (non-hydrogen) atoms. The van der Waals surface area contributed by atoms with Crippen molar-refractivity contribution in [1.82, 2.24) is 0 Å². The highest BCUT2D eigenvalue weighted by atomic mass is 35.5. The van der Waals surface area contributed by atoms with Crippen LogP contribution >= 0.6 is 11.6 Å². The highest BCUT2D eigenvalue weighted by Crippen LogP contribution is 2.25. The van der Waals surface area contributed by atoms with E-state index >= 15 is 0 Å². The Morgan fingerprint density at radius 1 is 1.11 bits per heavy atom. The van der Waals surface area contributed by atoms with E-state index in [-0.39, 0.29) is 11.8 Å². The van der Waals surface area contributed by atoms with Crippen LogP contribution in [-0.4, -0.2) is 16.9 Å². The Morgan fingerprint density at radius 2 is 1.79 bits per heavy atom. The molecule has 3 heteroatoms. The van der Waals surface area contributed by atoms with Crippen molar-refractivity contribution in [2.45, 2.75) is 19.9 Å². The first kappa shape index (κ1) is 13.6. The van der Waals surface area contributed by atoms with Crippen molar-refractivity contribution in [2.75, 3.05) is 0 Å². The van der Waals surface area contributed by atoms with Crippen LogP contribution in [0.1, 0.15) is 25.0 Å². The highest BCUT2D eigenvalue weighted by molar-refractivity contribution is 6.31. The van der Waals surface area contributed by atoms with E-state index in [0.29, 0.717) is 10.6 Å². The molecule has 2 aromatic carbocycles. The molecule has 0 saturated heterocycles. The summed E-state index contributed by atoms with van der Waals surface area (Å²) in [5, 5.41) is 10.6. The number of rotatable bonds is 3. The van der Waals surface area contributed by atoms with Gasteiger partial charge in [-0.1, -0.05) is 41.9 Å². The van der Waals surface area contributed by atoms with Gasteiger partial charge in [-0.05, 0) is 32.0 Å². The van der Waals surface area contributed by atoms with Crippen LogP contribution in [0.4, 0.5) is 0 Å². The molecule has 0 aliphatic carbocycles. The predicted molar refractivity (Wildman–Crippen MR) is 80.3 cm³/mol. The molecule has 0 amide bonds. The van der Waals surface area contributed by atoms with Gasteiger partial charge in [-0.3, -0.25) is 4.99 Å². The maximum atomic E-state index is 10.0.